The minimum Gasteiger partial charge on any atom is -0.494 e. The van der Waals surface area contributed by atoms with Crippen molar-refractivity contribution in [1.82, 2.24) is 0 Å². The molecule has 3 nitrogen and oxygen atoms in total. The highest BCUT2D eigenvalue weighted by atomic mass is 19.1. The Kier molecular flexibility index (Phi) is 4.96. The fraction of sp³-hybridized carbons (Fsp3) is 0.250. The highest BCUT2D eigenvalue weighted by molar-refractivity contribution is 5.40. The van der Waals surface area contributed by atoms with Crippen molar-refractivity contribution in [3.8, 4) is 17.2 Å². The second-order valence-corrected chi connectivity index (χ2v) is 4.34. The minimum atomic E-state index is -0.354. The third-order valence-corrected chi connectivity index (χ3v) is 2.80. The molecule has 2 aromatic rings. The zero-order valence-corrected chi connectivity index (χ0v) is 11.4. The quantitative estimate of drug-likeness (QED) is 0.870. The van der Waals surface area contributed by atoms with Gasteiger partial charge in [0.15, 0.2) is 0 Å². The number of ether oxygens (including phenoxy) is 2. The van der Waals surface area contributed by atoms with Crippen molar-refractivity contribution in [1.29, 1.82) is 0 Å². The van der Waals surface area contributed by atoms with Crippen LogP contribution in [0.2, 0.25) is 0 Å². The van der Waals surface area contributed by atoms with Crippen molar-refractivity contribution in [2.24, 2.45) is 5.73 Å². The molecular weight excluding hydrogens is 257 g/mol. The van der Waals surface area contributed by atoms with Gasteiger partial charge in [0.05, 0.1) is 6.61 Å². The molecule has 2 N–H and O–H groups in total. The van der Waals surface area contributed by atoms with Crippen molar-refractivity contribution >= 4 is 0 Å². The summed E-state index contributed by atoms with van der Waals surface area (Å²) < 4.78 is 24.7. The summed E-state index contributed by atoms with van der Waals surface area (Å²) in [5, 5.41) is 0. The maximum absolute atomic E-state index is 13.6. The van der Waals surface area contributed by atoms with Gasteiger partial charge < -0.3 is 15.2 Å². The van der Waals surface area contributed by atoms with Crippen LogP contribution in [-0.2, 0) is 6.54 Å². The largest absolute Gasteiger partial charge is 0.494 e. The molecule has 0 heterocycles. The Morgan fingerprint density at radius 2 is 1.75 bits per heavy atom. The van der Waals surface area contributed by atoms with E-state index in [1.54, 1.807) is 24.3 Å². The summed E-state index contributed by atoms with van der Waals surface area (Å²) in [6, 6.07) is 11.9. The number of benzene rings is 2. The molecule has 0 bridgehead atoms. The van der Waals surface area contributed by atoms with E-state index < -0.39 is 0 Å². The Balaban J connectivity index is 2.12. The van der Waals surface area contributed by atoms with E-state index in [-0.39, 0.29) is 12.4 Å². The molecule has 2 rings (SSSR count). The number of nitrogens with two attached hydrogens (primary N) is 1. The summed E-state index contributed by atoms with van der Waals surface area (Å²) >= 11 is 0. The van der Waals surface area contributed by atoms with Gasteiger partial charge in [0.2, 0.25) is 0 Å². The molecule has 0 atom stereocenters. The Labute approximate surface area is 118 Å². The highest BCUT2D eigenvalue weighted by Gasteiger charge is 2.08. The molecule has 0 saturated heterocycles. The van der Waals surface area contributed by atoms with Gasteiger partial charge in [0, 0.05) is 12.1 Å². The fourth-order valence-electron chi connectivity index (χ4n) is 1.78. The SMILES string of the molecule is CCCOc1ccc(Oc2cccc(F)c2CN)cc1. The van der Waals surface area contributed by atoms with E-state index in [1.165, 1.54) is 6.07 Å². The van der Waals surface area contributed by atoms with E-state index in [9.17, 15) is 4.39 Å². The Morgan fingerprint density at radius 1 is 1.05 bits per heavy atom. The molecule has 20 heavy (non-hydrogen) atoms. The molecular formula is C16H18FNO2. The van der Waals surface area contributed by atoms with E-state index in [2.05, 4.69) is 6.92 Å². The van der Waals surface area contributed by atoms with Crippen LogP contribution in [0, 0.1) is 5.82 Å². The lowest BCUT2D eigenvalue weighted by Gasteiger charge is -2.11. The van der Waals surface area contributed by atoms with Crippen LogP contribution in [0.1, 0.15) is 18.9 Å². The first kappa shape index (κ1) is 14.3. The van der Waals surface area contributed by atoms with Crippen molar-refractivity contribution in [3.63, 3.8) is 0 Å². The molecule has 0 amide bonds. The predicted molar refractivity (Wildman–Crippen MR) is 76.6 cm³/mol. The summed E-state index contributed by atoms with van der Waals surface area (Å²) in [5.41, 5.74) is 5.92. The molecule has 0 aliphatic rings. The number of halogens is 1. The van der Waals surface area contributed by atoms with Crippen LogP contribution in [0.15, 0.2) is 42.5 Å². The van der Waals surface area contributed by atoms with Gasteiger partial charge in [-0.15, -0.1) is 0 Å². The van der Waals surface area contributed by atoms with E-state index in [1.807, 2.05) is 12.1 Å². The van der Waals surface area contributed by atoms with Crippen LogP contribution >= 0.6 is 0 Å². The van der Waals surface area contributed by atoms with E-state index in [0.29, 0.717) is 23.7 Å². The Morgan fingerprint density at radius 3 is 2.40 bits per heavy atom. The van der Waals surface area contributed by atoms with Crippen LogP contribution < -0.4 is 15.2 Å². The van der Waals surface area contributed by atoms with Crippen molar-refractivity contribution in [3.05, 3.63) is 53.8 Å². The standard InChI is InChI=1S/C16H18FNO2/c1-2-10-19-12-6-8-13(9-7-12)20-16-5-3-4-15(17)14(16)11-18/h3-9H,2,10-11,18H2,1H3. The molecule has 0 aromatic heterocycles. The highest BCUT2D eigenvalue weighted by Crippen LogP contribution is 2.28. The van der Waals surface area contributed by atoms with Crippen molar-refractivity contribution < 1.29 is 13.9 Å². The van der Waals surface area contributed by atoms with Gasteiger partial charge in [-0.3, -0.25) is 0 Å². The lowest BCUT2D eigenvalue weighted by Crippen LogP contribution is -2.02. The first-order valence-corrected chi connectivity index (χ1v) is 6.62. The summed E-state index contributed by atoms with van der Waals surface area (Å²) in [7, 11) is 0. The Bertz CT molecular complexity index is 555. The second kappa shape index (κ2) is 6.91. The normalized spacial score (nSPS) is 10.3. The van der Waals surface area contributed by atoms with Gasteiger partial charge in [-0.2, -0.15) is 0 Å². The van der Waals surface area contributed by atoms with E-state index in [4.69, 9.17) is 15.2 Å². The Hall–Kier alpha value is -2.07. The van der Waals surface area contributed by atoms with Crippen LogP contribution in [0.3, 0.4) is 0 Å². The van der Waals surface area contributed by atoms with Crippen LogP contribution in [0.4, 0.5) is 4.39 Å². The third-order valence-electron chi connectivity index (χ3n) is 2.80. The van der Waals surface area contributed by atoms with Crippen LogP contribution in [0.5, 0.6) is 17.2 Å². The molecule has 0 radical (unpaired) electrons. The summed E-state index contributed by atoms with van der Waals surface area (Å²) in [5.74, 6) is 1.49. The summed E-state index contributed by atoms with van der Waals surface area (Å²) in [4.78, 5) is 0. The molecule has 0 aliphatic carbocycles. The minimum absolute atomic E-state index is 0.0969. The molecule has 0 aliphatic heterocycles. The average molecular weight is 275 g/mol. The van der Waals surface area contributed by atoms with E-state index in [0.717, 1.165) is 12.2 Å². The van der Waals surface area contributed by atoms with Gasteiger partial charge >= 0.3 is 0 Å². The average Bonchev–Trinajstić information content (AvgIpc) is 2.47. The first-order chi connectivity index (χ1) is 9.74. The molecule has 0 saturated carbocycles. The maximum atomic E-state index is 13.6. The number of rotatable bonds is 6. The smallest absolute Gasteiger partial charge is 0.134 e. The molecule has 0 spiro atoms. The van der Waals surface area contributed by atoms with Crippen molar-refractivity contribution in [2.45, 2.75) is 19.9 Å². The summed E-state index contributed by atoms with van der Waals surface area (Å²) in [6.45, 7) is 2.83. The summed E-state index contributed by atoms with van der Waals surface area (Å²) in [6.07, 6.45) is 0.960. The van der Waals surface area contributed by atoms with Gasteiger partial charge in [-0.05, 0) is 42.8 Å². The maximum Gasteiger partial charge on any atom is 0.134 e. The first-order valence-electron chi connectivity index (χ1n) is 6.62. The molecule has 2 aromatic carbocycles. The van der Waals surface area contributed by atoms with Gasteiger partial charge in [0.25, 0.3) is 0 Å². The molecule has 4 heteroatoms. The zero-order chi connectivity index (χ0) is 14.4. The van der Waals surface area contributed by atoms with Crippen LogP contribution in [-0.4, -0.2) is 6.61 Å². The molecule has 106 valence electrons. The van der Waals surface area contributed by atoms with E-state index >= 15 is 0 Å². The number of hydrogen-bond donors (Lipinski definition) is 1. The van der Waals surface area contributed by atoms with Gasteiger partial charge in [0.1, 0.15) is 23.1 Å². The zero-order valence-electron chi connectivity index (χ0n) is 11.4. The fourth-order valence-corrected chi connectivity index (χ4v) is 1.78. The predicted octanol–water partition coefficient (Wildman–Crippen LogP) is 3.87. The van der Waals surface area contributed by atoms with Gasteiger partial charge in [-0.1, -0.05) is 13.0 Å². The topological polar surface area (TPSA) is 44.5 Å². The van der Waals surface area contributed by atoms with Crippen LogP contribution in [0.25, 0.3) is 0 Å². The van der Waals surface area contributed by atoms with Crippen molar-refractivity contribution in [2.75, 3.05) is 6.61 Å². The third kappa shape index (κ3) is 3.48. The second-order valence-electron chi connectivity index (χ2n) is 4.34. The molecule has 0 unspecified atom stereocenters. The number of hydrogen-bond acceptors (Lipinski definition) is 3. The lowest BCUT2D eigenvalue weighted by molar-refractivity contribution is 0.317. The van der Waals surface area contributed by atoms with Gasteiger partial charge in [-0.25, -0.2) is 4.39 Å². The monoisotopic (exact) mass is 275 g/mol. The lowest BCUT2D eigenvalue weighted by atomic mass is 10.2. The molecule has 0 fully saturated rings.